The fourth-order valence-corrected chi connectivity index (χ4v) is 3.59. The van der Waals surface area contributed by atoms with Gasteiger partial charge in [-0.25, -0.2) is 4.39 Å². The van der Waals surface area contributed by atoms with E-state index in [0.29, 0.717) is 10.9 Å². The van der Waals surface area contributed by atoms with Gasteiger partial charge in [-0.2, -0.15) is 5.10 Å². The summed E-state index contributed by atoms with van der Waals surface area (Å²) in [5.74, 6) is -1.08. The molecule has 2 aromatic carbocycles. The van der Waals surface area contributed by atoms with E-state index in [1.807, 2.05) is 42.6 Å². The highest BCUT2D eigenvalue weighted by molar-refractivity contribution is 6.11. The third-order valence-corrected chi connectivity index (χ3v) is 5.17. The van der Waals surface area contributed by atoms with Crippen molar-refractivity contribution in [3.05, 3.63) is 108 Å². The minimum absolute atomic E-state index is 0.00242. The second-order valence-corrected chi connectivity index (χ2v) is 7.39. The van der Waals surface area contributed by atoms with Gasteiger partial charge in [-0.1, -0.05) is 36.4 Å². The number of carbonyl (C=O) groups is 1. The van der Waals surface area contributed by atoms with Crippen LogP contribution in [0.1, 0.15) is 21.6 Å². The molecule has 0 spiro atoms. The molecule has 6 nitrogen and oxygen atoms in total. The Morgan fingerprint density at radius 2 is 1.78 bits per heavy atom. The predicted octanol–water partition coefficient (Wildman–Crippen LogP) is 5.00. The van der Waals surface area contributed by atoms with Crippen molar-refractivity contribution in [3.8, 4) is 11.1 Å². The first-order valence-electron chi connectivity index (χ1n) is 10.0. The molecule has 0 fully saturated rings. The first kappa shape index (κ1) is 19.6. The van der Waals surface area contributed by atoms with Gasteiger partial charge in [-0.3, -0.25) is 19.9 Å². The normalized spacial score (nSPS) is 10.9. The van der Waals surface area contributed by atoms with E-state index in [2.05, 4.69) is 43.7 Å². The molecule has 5 rings (SSSR count). The van der Waals surface area contributed by atoms with Crippen LogP contribution >= 0.6 is 0 Å². The van der Waals surface area contributed by atoms with Gasteiger partial charge < -0.3 is 5.32 Å². The van der Waals surface area contributed by atoms with E-state index < -0.39 is 11.7 Å². The van der Waals surface area contributed by atoms with Crippen molar-refractivity contribution in [2.24, 2.45) is 0 Å². The fraction of sp³-hybridized carbons (Fsp3) is 0.0400. The predicted molar refractivity (Wildman–Crippen MR) is 121 cm³/mol. The van der Waals surface area contributed by atoms with Gasteiger partial charge in [0.2, 0.25) is 0 Å². The molecule has 0 aliphatic carbocycles. The smallest absolute Gasteiger partial charge is 0.276 e. The van der Waals surface area contributed by atoms with Crippen molar-refractivity contribution in [1.29, 1.82) is 0 Å². The molecular weight excluding hydrogens is 405 g/mol. The van der Waals surface area contributed by atoms with Gasteiger partial charge in [-0.05, 0) is 47.4 Å². The Morgan fingerprint density at radius 1 is 0.906 bits per heavy atom. The lowest BCUT2D eigenvalue weighted by Gasteiger charge is -2.07. The van der Waals surface area contributed by atoms with E-state index in [1.165, 1.54) is 24.0 Å². The molecule has 0 aliphatic rings. The number of amides is 1. The summed E-state index contributed by atoms with van der Waals surface area (Å²) >= 11 is 0. The topological polar surface area (TPSA) is 83.6 Å². The Hall–Kier alpha value is -4.39. The van der Waals surface area contributed by atoms with Crippen LogP contribution in [0.3, 0.4) is 0 Å². The van der Waals surface area contributed by atoms with E-state index in [0.717, 1.165) is 23.1 Å². The highest BCUT2D eigenvalue weighted by atomic mass is 19.1. The lowest BCUT2D eigenvalue weighted by molar-refractivity contribution is 0.102. The Labute approximate surface area is 183 Å². The van der Waals surface area contributed by atoms with Crippen LogP contribution in [0.5, 0.6) is 0 Å². The molecule has 0 aliphatic heterocycles. The Morgan fingerprint density at radius 3 is 2.62 bits per heavy atom. The number of H-pyrrole nitrogens is 1. The van der Waals surface area contributed by atoms with Crippen LogP contribution < -0.4 is 5.32 Å². The van der Waals surface area contributed by atoms with Crippen molar-refractivity contribution in [2.75, 3.05) is 5.32 Å². The maximum Gasteiger partial charge on any atom is 0.276 e. The van der Waals surface area contributed by atoms with E-state index in [-0.39, 0.29) is 11.4 Å². The summed E-state index contributed by atoms with van der Waals surface area (Å²) in [5, 5.41) is 10.2. The average molecular weight is 423 g/mol. The maximum atomic E-state index is 13.9. The van der Waals surface area contributed by atoms with Crippen LogP contribution in [-0.4, -0.2) is 26.1 Å². The van der Waals surface area contributed by atoms with Gasteiger partial charge in [0.1, 0.15) is 5.82 Å². The summed E-state index contributed by atoms with van der Waals surface area (Å²) in [6, 6.07) is 19.2. The zero-order valence-electron chi connectivity index (χ0n) is 16.9. The summed E-state index contributed by atoms with van der Waals surface area (Å²) in [6.45, 7) is 0. The van der Waals surface area contributed by atoms with Crippen molar-refractivity contribution >= 4 is 22.5 Å². The second kappa shape index (κ2) is 8.39. The molecule has 5 aromatic rings. The van der Waals surface area contributed by atoms with Crippen LogP contribution in [0.2, 0.25) is 0 Å². The number of nitrogens with zero attached hydrogens (tertiary/aromatic N) is 3. The quantitative estimate of drug-likeness (QED) is 0.417. The number of fused-ring (bicyclic) bond motifs is 1. The van der Waals surface area contributed by atoms with Crippen LogP contribution in [-0.2, 0) is 6.42 Å². The number of benzene rings is 2. The van der Waals surface area contributed by atoms with Gasteiger partial charge in [-0.15, -0.1) is 0 Å². The molecule has 7 heteroatoms. The van der Waals surface area contributed by atoms with Gasteiger partial charge >= 0.3 is 0 Å². The molecule has 3 heterocycles. The third-order valence-electron chi connectivity index (χ3n) is 5.17. The maximum absolute atomic E-state index is 13.9. The van der Waals surface area contributed by atoms with Crippen molar-refractivity contribution < 1.29 is 9.18 Å². The number of rotatable bonds is 5. The lowest BCUT2D eigenvalue weighted by Crippen LogP contribution is -2.14. The summed E-state index contributed by atoms with van der Waals surface area (Å²) in [7, 11) is 0. The summed E-state index contributed by atoms with van der Waals surface area (Å²) in [4.78, 5) is 21.0. The number of hydrogen-bond acceptors (Lipinski definition) is 4. The summed E-state index contributed by atoms with van der Waals surface area (Å²) in [5.41, 5.74) is 5.03. The lowest BCUT2D eigenvalue weighted by atomic mass is 10.0. The number of carbonyl (C=O) groups excluding carboxylic acids is 1. The molecule has 3 aromatic heterocycles. The summed E-state index contributed by atoms with van der Waals surface area (Å²) in [6.07, 6.45) is 7.01. The van der Waals surface area contributed by atoms with Crippen molar-refractivity contribution in [3.63, 3.8) is 0 Å². The number of pyridine rings is 2. The van der Waals surface area contributed by atoms with Gasteiger partial charge in [0, 0.05) is 29.5 Å². The molecule has 32 heavy (non-hydrogen) atoms. The van der Waals surface area contributed by atoms with Crippen LogP contribution in [0.4, 0.5) is 10.1 Å². The van der Waals surface area contributed by atoms with Gasteiger partial charge in [0.05, 0.1) is 17.4 Å². The molecule has 0 unspecified atom stereocenters. The van der Waals surface area contributed by atoms with E-state index in [1.54, 1.807) is 6.20 Å². The molecule has 156 valence electrons. The molecule has 2 N–H and O–H groups in total. The Balaban J connectivity index is 1.46. The van der Waals surface area contributed by atoms with Crippen LogP contribution in [0.25, 0.3) is 22.0 Å². The zero-order chi connectivity index (χ0) is 21.9. The largest absolute Gasteiger partial charge is 0.317 e. The van der Waals surface area contributed by atoms with Crippen LogP contribution in [0, 0.1) is 5.82 Å². The van der Waals surface area contributed by atoms with E-state index in [4.69, 9.17) is 0 Å². The molecule has 0 radical (unpaired) electrons. The molecule has 0 atom stereocenters. The van der Waals surface area contributed by atoms with Crippen molar-refractivity contribution in [1.82, 2.24) is 20.2 Å². The molecule has 0 bridgehead atoms. The highest BCUT2D eigenvalue weighted by Gasteiger charge is 2.17. The average Bonchev–Trinajstić information content (AvgIpc) is 3.25. The molecule has 0 saturated heterocycles. The molecule has 0 saturated carbocycles. The van der Waals surface area contributed by atoms with E-state index >= 15 is 0 Å². The fourth-order valence-electron chi connectivity index (χ4n) is 3.59. The number of aromatic amines is 1. The van der Waals surface area contributed by atoms with Gasteiger partial charge in [0.15, 0.2) is 5.69 Å². The highest BCUT2D eigenvalue weighted by Crippen LogP contribution is 2.27. The number of halogens is 1. The molecular formula is C25H18FN5O. The van der Waals surface area contributed by atoms with Crippen molar-refractivity contribution in [2.45, 2.75) is 6.42 Å². The number of nitrogens with one attached hydrogen (secondary N) is 2. The number of aromatic nitrogens is 4. The number of anilines is 1. The first-order valence-corrected chi connectivity index (χ1v) is 10.0. The van der Waals surface area contributed by atoms with Gasteiger partial charge in [0.25, 0.3) is 5.91 Å². The Bertz CT molecular complexity index is 1410. The first-order chi connectivity index (χ1) is 15.7. The third kappa shape index (κ3) is 3.96. The minimum Gasteiger partial charge on any atom is -0.317 e. The zero-order valence-corrected chi connectivity index (χ0v) is 16.9. The van der Waals surface area contributed by atoms with Crippen LogP contribution in [0.15, 0.2) is 85.5 Å². The second-order valence-electron chi connectivity index (χ2n) is 7.39. The van der Waals surface area contributed by atoms with E-state index in [9.17, 15) is 9.18 Å². The standard InChI is InChI=1S/C25H18FN5O/c26-21-8-9-27-15-23(21)29-25(32)24-20-12-18(6-7-22(20)30-31-24)19-11-17(13-28-14-19)10-16-4-2-1-3-5-16/h1-9,11-15H,10H2,(H,29,32)(H,30,31). The summed E-state index contributed by atoms with van der Waals surface area (Å²) < 4.78 is 13.9. The molecule has 1 amide bonds. The monoisotopic (exact) mass is 423 g/mol. The Kier molecular flexibility index (Phi) is 5.13. The SMILES string of the molecule is O=C(Nc1cnccc1F)c1n[nH]c2ccc(-c3cncc(Cc4ccccc4)c3)cc12. The number of hydrogen-bond donors (Lipinski definition) is 2. The minimum atomic E-state index is -0.560.